The second kappa shape index (κ2) is 8.73. The molecule has 2 aromatic heterocycles. The van der Waals surface area contributed by atoms with Crippen LogP contribution in [0.1, 0.15) is 5.56 Å². The molecule has 2 aromatic carbocycles. The number of thioether (sulfide) groups is 1. The summed E-state index contributed by atoms with van der Waals surface area (Å²) in [6, 6.07) is 16.5. The van der Waals surface area contributed by atoms with Crippen molar-refractivity contribution < 1.29 is 4.79 Å². The fraction of sp³-hybridized carbons (Fsp3) is 0.143. The SMILES string of the molecule is Cn1cc2nc(SCC(=O)Nc3ccc(Cl)cc3)n(Cc3ccccc3)c(=O)c2n1. The van der Waals surface area contributed by atoms with Crippen molar-refractivity contribution in [3.63, 3.8) is 0 Å². The predicted molar refractivity (Wildman–Crippen MR) is 119 cm³/mol. The Kier molecular flexibility index (Phi) is 5.87. The number of carbonyl (C=O) groups is 1. The number of nitrogens with zero attached hydrogens (tertiary/aromatic N) is 4. The quantitative estimate of drug-likeness (QED) is 0.367. The van der Waals surface area contributed by atoms with Crippen LogP contribution in [0.25, 0.3) is 11.0 Å². The first-order valence-corrected chi connectivity index (χ1v) is 10.5. The lowest BCUT2D eigenvalue weighted by Gasteiger charge is -2.12. The third-order valence-electron chi connectivity index (χ3n) is 4.35. The van der Waals surface area contributed by atoms with E-state index in [0.29, 0.717) is 33.4 Å². The van der Waals surface area contributed by atoms with E-state index in [4.69, 9.17) is 11.6 Å². The van der Waals surface area contributed by atoms with Crippen molar-refractivity contribution in [2.75, 3.05) is 11.1 Å². The van der Waals surface area contributed by atoms with Crippen LogP contribution >= 0.6 is 23.4 Å². The van der Waals surface area contributed by atoms with Gasteiger partial charge in [-0.05, 0) is 29.8 Å². The molecule has 2 heterocycles. The van der Waals surface area contributed by atoms with Gasteiger partial charge in [0.15, 0.2) is 10.7 Å². The van der Waals surface area contributed by atoms with Crippen LogP contribution in [-0.4, -0.2) is 31.0 Å². The van der Waals surface area contributed by atoms with Crippen molar-refractivity contribution in [2.45, 2.75) is 11.7 Å². The zero-order chi connectivity index (χ0) is 21.1. The second-order valence-electron chi connectivity index (χ2n) is 6.65. The summed E-state index contributed by atoms with van der Waals surface area (Å²) < 4.78 is 3.12. The second-order valence-corrected chi connectivity index (χ2v) is 8.03. The zero-order valence-corrected chi connectivity index (χ0v) is 17.7. The lowest BCUT2D eigenvalue weighted by atomic mass is 10.2. The van der Waals surface area contributed by atoms with E-state index >= 15 is 0 Å². The fourth-order valence-electron chi connectivity index (χ4n) is 2.96. The maximum absolute atomic E-state index is 13.1. The van der Waals surface area contributed by atoms with Crippen LogP contribution in [0.2, 0.25) is 5.02 Å². The molecular formula is C21H18ClN5O2S. The highest BCUT2D eigenvalue weighted by molar-refractivity contribution is 7.99. The van der Waals surface area contributed by atoms with Gasteiger partial charge in [-0.1, -0.05) is 53.7 Å². The number of hydrogen-bond acceptors (Lipinski definition) is 5. The maximum Gasteiger partial charge on any atom is 0.282 e. The molecule has 0 radical (unpaired) electrons. The first-order valence-electron chi connectivity index (χ1n) is 9.16. The summed E-state index contributed by atoms with van der Waals surface area (Å²) in [5, 5.41) is 8.12. The standard InChI is InChI=1S/C21H18ClN5O2S/c1-26-12-17-19(25-26)20(29)27(11-14-5-3-2-4-6-14)21(24-17)30-13-18(28)23-16-9-7-15(22)8-10-16/h2-10,12H,11,13H2,1H3,(H,23,28). The highest BCUT2D eigenvalue weighted by atomic mass is 35.5. The maximum atomic E-state index is 13.1. The molecular weight excluding hydrogens is 422 g/mol. The van der Waals surface area contributed by atoms with Gasteiger partial charge in [0.1, 0.15) is 5.52 Å². The van der Waals surface area contributed by atoms with Crippen molar-refractivity contribution in [3.05, 3.63) is 81.7 Å². The van der Waals surface area contributed by atoms with Crippen molar-refractivity contribution in [2.24, 2.45) is 7.05 Å². The van der Waals surface area contributed by atoms with Crippen molar-refractivity contribution >= 4 is 46.0 Å². The first kappa shape index (κ1) is 20.2. The minimum Gasteiger partial charge on any atom is -0.325 e. The number of aryl methyl sites for hydroxylation is 1. The number of amides is 1. The van der Waals surface area contributed by atoms with Gasteiger partial charge in [0, 0.05) is 17.8 Å². The molecule has 0 saturated carbocycles. The van der Waals surface area contributed by atoms with Crippen molar-refractivity contribution in [1.82, 2.24) is 19.3 Å². The number of halogens is 1. The molecule has 0 aliphatic rings. The number of nitrogens with one attached hydrogen (secondary N) is 1. The van der Waals surface area contributed by atoms with Gasteiger partial charge in [0.25, 0.3) is 5.56 Å². The number of aromatic nitrogens is 4. The summed E-state index contributed by atoms with van der Waals surface area (Å²) >= 11 is 7.09. The van der Waals surface area contributed by atoms with E-state index in [0.717, 1.165) is 5.56 Å². The number of carbonyl (C=O) groups excluding carboxylic acids is 1. The Morgan fingerprint density at radius 1 is 1.13 bits per heavy atom. The predicted octanol–water partition coefficient (Wildman–Crippen LogP) is 3.56. The van der Waals surface area contributed by atoms with E-state index in [2.05, 4.69) is 15.4 Å². The van der Waals surface area contributed by atoms with Crippen LogP contribution in [0.5, 0.6) is 0 Å². The van der Waals surface area contributed by atoms with Gasteiger partial charge in [0.2, 0.25) is 5.91 Å². The molecule has 4 aromatic rings. The van der Waals surface area contributed by atoms with E-state index in [9.17, 15) is 9.59 Å². The van der Waals surface area contributed by atoms with E-state index in [1.54, 1.807) is 46.8 Å². The fourth-order valence-corrected chi connectivity index (χ4v) is 3.89. The molecule has 7 nitrogen and oxygen atoms in total. The van der Waals surface area contributed by atoms with Gasteiger partial charge in [0.05, 0.1) is 18.5 Å². The molecule has 0 atom stereocenters. The molecule has 4 rings (SSSR count). The van der Waals surface area contributed by atoms with E-state index in [1.807, 2.05) is 30.3 Å². The molecule has 0 aliphatic heterocycles. The third-order valence-corrected chi connectivity index (χ3v) is 5.58. The summed E-state index contributed by atoms with van der Waals surface area (Å²) in [4.78, 5) is 30.0. The summed E-state index contributed by atoms with van der Waals surface area (Å²) in [6.45, 7) is 0.348. The Hall–Kier alpha value is -3.10. The average molecular weight is 440 g/mol. The number of benzene rings is 2. The molecule has 0 bridgehead atoms. The van der Waals surface area contributed by atoms with Crippen molar-refractivity contribution in [3.8, 4) is 0 Å². The summed E-state index contributed by atoms with van der Waals surface area (Å²) in [5.41, 5.74) is 2.20. The minimum atomic E-state index is -0.231. The minimum absolute atomic E-state index is 0.107. The average Bonchev–Trinajstić information content (AvgIpc) is 3.12. The highest BCUT2D eigenvalue weighted by Crippen LogP contribution is 2.19. The molecule has 9 heteroatoms. The Morgan fingerprint density at radius 2 is 1.87 bits per heavy atom. The Bertz CT molecular complexity index is 1250. The molecule has 0 aliphatic carbocycles. The topological polar surface area (TPSA) is 81.8 Å². The monoisotopic (exact) mass is 439 g/mol. The number of anilines is 1. The lowest BCUT2D eigenvalue weighted by molar-refractivity contribution is -0.113. The number of rotatable bonds is 6. The first-order chi connectivity index (χ1) is 14.5. The highest BCUT2D eigenvalue weighted by Gasteiger charge is 2.16. The summed E-state index contributed by atoms with van der Waals surface area (Å²) in [7, 11) is 1.75. The van der Waals surface area contributed by atoms with Gasteiger partial charge in [-0.2, -0.15) is 5.10 Å². The largest absolute Gasteiger partial charge is 0.325 e. The molecule has 1 amide bonds. The van der Waals surface area contributed by atoms with Gasteiger partial charge in [-0.25, -0.2) is 4.98 Å². The van der Waals surface area contributed by atoms with Crippen LogP contribution < -0.4 is 10.9 Å². The normalized spacial score (nSPS) is 11.0. The number of hydrogen-bond donors (Lipinski definition) is 1. The van der Waals surface area contributed by atoms with Crippen molar-refractivity contribution in [1.29, 1.82) is 0 Å². The van der Waals surface area contributed by atoms with Crippen LogP contribution in [0, 0.1) is 0 Å². The van der Waals surface area contributed by atoms with Gasteiger partial charge < -0.3 is 5.32 Å². The third kappa shape index (κ3) is 4.55. The molecule has 152 valence electrons. The summed E-state index contributed by atoms with van der Waals surface area (Å²) in [6.07, 6.45) is 1.70. The molecule has 0 saturated heterocycles. The van der Waals surface area contributed by atoms with Gasteiger partial charge >= 0.3 is 0 Å². The van der Waals surface area contributed by atoms with E-state index in [1.165, 1.54) is 11.8 Å². The summed E-state index contributed by atoms with van der Waals surface area (Å²) in [5.74, 6) is -0.0931. The molecule has 0 spiro atoms. The van der Waals surface area contributed by atoms with Gasteiger partial charge in [-0.3, -0.25) is 18.8 Å². The molecule has 1 N–H and O–H groups in total. The smallest absolute Gasteiger partial charge is 0.282 e. The zero-order valence-electron chi connectivity index (χ0n) is 16.1. The Balaban J connectivity index is 1.59. The van der Waals surface area contributed by atoms with E-state index < -0.39 is 0 Å². The van der Waals surface area contributed by atoms with Crippen LogP contribution in [0.3, 0.4) is 0 Å². The van der Waals surface area contributed by atoms with Crippen LogP contribution in [-0.2, 0) is 18.4 Å². The van der Waals surface area contributed by atoms with E-state index in [-0.39, 0.29) is 17.2 Å². The Labute approximate surface area is 181 Å². The van der Waals surface area contributed by atoms with Crippen LogP contribution in [0.15, 0.2) is 70.7 Å². The molecule has 0 fully saturated rings. The number of fused-ring (bicyclic) bond motifs is 1. The lowest BCUT2D eigenvalue weighted by Crippen LogP contribution is -2.25. The molecule has 0 unspecified atom stereocenters. The Morgan fingerprint density at radius 3 is 2.60 bits per heavy atom. The molecule has 30 heavy (non-hydrogen) atoms. The van der Waals surface area contributed by atoms with Gasteiger partial charge in [-0.15, -0.1) is 0 Å². The van der Waals surface area contributed by atoms with Crippen LogP contribution in [0.4, 0.5) is 5.69 Å².